The summed E-state index contributed by atoms with van der Waals surface area (Å²) in [6, 6.07) is 5.96. The molecule has 0 radical (unpaired) electrons. The maximum Gasteiger partial charge on any atom is 0.260 e. The fraction of sp³-hybridized carbons (Fsp3) is 0.600. The molecule has 0 unspecified atom stereocenters. The van der Waals surface area contributed by atoms with Gasteiger partial charge in [-0.25, -0.2) is 0 Å². The quantitative estimate of drug-likeness (QED) is 0.882. The predicted molar refractivity (Wildman–Crippen MR) is 100 cm³/mol. The lowest BCUT2D eigenvalue weighted by atomic mass is 9.96. The van der Waals surface area contributed by atoms with E-state index < -0.39 is 0 Å². The Balaban J connectivity index is 1.45. The molecule has 2 aliphatic rings. The Labute approximate surface area is 155 Å². The number of benzene rings is 1. The summed E-state index contributed by atoms with van der Waals surface area (Å²) in [5, 5.41) is 3.29. The van der Waals surface area contributed by atoms with Gasteiger partial charge in [-0.05, 0) is 63.0 Å². The van der Waals surface area contributed by atoms with E-state index in [0.29, 0.717) is 26.2 Å². The van der Waals surface area contributed by atoms with E-state index in [1.165, 1.54) is 0 Å². The number of nitrogens with zero attached hydrogens (tertiary/aromatic N) is 2. The van der Waals surface area contributed by atoms with Crippen LogP contribution in [0.25, 0.3) is 0 Å². The Hall–Kier alpha value is -2.08. The van der Waals surface area contributed by atoms with Crippen molar-refractivity contribution in [3.63, 3.8) is 0 Å². The number of piperazine rings is 1. The molecule has 1 aromatic rings. The first kappa shape index (κ1) is 18.7. The van der Waals surface area contributed by atoms with E-state index in [1.54, 1.807) is 4.90 Å². The van der Waals surface area contributed by atoms with Crippen molar-refractivity contribution in [3.8, 4) is 5.75 Å². The molecule has 2 saturated heterocycles. The molecule has 2 heterocycles. The SMILES string of the molecule is Cc1cc(C)cc(OCC(=O)N2CCN(C(=O)C3CCNCC3)CC2)c1. The van der Waals surface area contributed by atoms with Crippen LogP contribution in [0.2, 0.25) is 0 Å². The number of rotatable bonds is 4. The first-order valence-corrected chi connectivity index (χ1v) is 9.51. The third-order valence-electron chi connectivity index (χ3n) is 5.19. The molecule has 142 valence electrons. The largest absolute Gasteiger partial charge is 0.484 e. The zero-order valence-electron chi connectivity index (χ0n) is 15.8. The number of carbonyl (C=O) groups excluding carboxylic acids is 2. The second-order valence-corrected chi connectivity index (χ2v) is 7.34. The van der Waals surface area contributed by atoms with Crippen molar-refractivity contribution in [2.75, 3.05) is 45.9 Å². The maximum absolute atomic E-state index is 12.6. The van der Waals surface area contributed by atoms with Crippen LogP contribution in [-0.2, 0) is 9.59 Å². The molecule has 1 aromatic carbocycles. The number of amides is 2. The summed E-state index contributed by atoms with van der Waals surface area (Å²) in [7, 11) is 0. The van der Waals surface area contributed by atoms with Gasteiger partial charge >= 0.3 is 0 Å². The minimum Gasteiger partial charge on any atom is -0.484 e. The molecule has 1 N–H and O–H groups in total. The molecule has 3 rings (SSSR count). The van der Waals surface area contributed by atoms with Gasteiger partial charge in [-0.1, -0.05) is 6.07 Å². The Bertz CT molecular complexity index is 627. The molecule has 0 saturated carbocycles. The number of carbonyl (C=O) groups is 2. The third kappa shape index (κ3) is 4.75. The van der Waals surface area contributed by atoms with Gasteiger partial charge in [-0.15, -0.1) is 0 Å². The van der Waals surface area contributed by atoms with Crippen molar-refractivity contribution in [2.24, 2.45) is 5.92 Å². The topological polar surface area (TPSA) is 61.9 Å². The summed E-state index contributed by atoms with van der Waals surface area (Å²) in [6.07, 6.45) is 1.84. The van der Waals surface area contributed by atoms with E-state index >= 15 is 0 Å². The number of hydrogen-bond donors (Lipinski definition) is 1. The summed E-state index contributed by atoms with van der Waals surface area (Å²) in [5.41, 5.74) is 2.25. The highest BCUT2D eigenvalue weighted by Crippen LogP contribution is 2.18. The van der Waals surface area contributed by atoms with Crippen LogP contribution in [0.15, 0.2) is 18.2 Å². The summed E-state index contributed by atoms with van der Waals surface area (Å²) in [4.78, 5) is 28.7. The number of hydrogen-bond acceptors (Lipinski definition) is 4. The Kier molecular flexibility index (Phi) is 6.14. The molecule has 2 fully saturated rings. The van der Waals surface area contributed by atoms with Crippen LogP contribution in [0.3, 0.4) is 0 Å². The second kappa shape index (κ2) is 8.54. The third-order valence-corrected chi connectivity index (χ3v) is 5.19. The number of aryl methyl sites for hydroxylation is 2. The fourth-order valence-electron chi connectivity index (χ4n) is 3.76. The van der Waals surface area contributed by atoms with Gasteiger partial charge in [-0.3, -0.25) is 9.59 Å². The molecule has 0 aliphatic carbocycles. The summed E-state index contributed by atoms with van der Waals surface area (Å²) >= 11 is 0. The molecular formula is C20H29N3O3. The van der Waals surface area contributed by atoms with Crippen molar-refractivity contribution in [1.29, 1.82) is 0 Å². The van der Waals surface area contributed by atoms with Crippen molar-refractivity contribution in [3.05, 3.63) is 29.3 Å². The van der Waals surface area contributed by atoms with Crippen LogP contribution in [0.1, 0.15) is 24.0 Å². The van der Waals surface area contributed by atoms with Crippen LogP contribution in [-0.4, -0.2) is 67.5 Å². The highest BCUT2D eigenvalue weighted by Gasteiger charge is 2.29. The average Bonchev–Trinajstić information content (AvgIpc) is 2.65. The van der Waals surface area contributed by atoms with E-state index in [1.807, 2.05) is 30.9 Å². The van der Waals surface area contributed by atoms with Crippen LogP contribution in [0, 0.1) is 19.8 Å². The predicted octanol–water partition coefficient (Wildman–Crippen LogP) is 1.35. The zero-order chi connectivity index (χ0) is 18.5. The molecule has 0 spiro atoms. The Morgan fingerprint density at radius 1 is 1.00 bits per heavy atom. The van der Waals surface area contributed by atoms with Gasteiger partial charge < -0.3 is 19.9 Å². The van der Waals surface area contributed by atoms with Crippen molar-refractivity contribution in [1.82, 2.24) is 15.1 Å². The highest BCUT2D eigenvalue weighted by molar-refractivity contribution is 5.80. The highest BCUT2D eigenvalue weighted by atomic mass is 16.5. The minimum absolute atomic E-state index is 0.0156. The normalized spacial score (nSPS) is 18.7. The van der Waals surface area contributed by atoms with E-state index in [-0.39, 0.29) is 24.3 Å². The van der Waals surface area contributed by atoms with Crippen LogP contribution in [0.5, 0.6) is 5.75 Å². The van der Waals surface area contributed by atoms with Gasteiger partial charge in [0, 0.05) is 32.1 Å². The molecule has 2 aliphatic heterocycles. The van der Waals surface area contributed by atoms with Crippen molar-refractivity contribution >= 4 is 11.8 Å². The van der Waals surface area contributed by atoms with Gasteiger partial charge in [-0.2, -0.15) is 0 Å². The van der Waals surface area contributed by atoms with Crippen LogP contribution >= 0.6 is 0 Å². The smallest absolute Gasteiger partial charge is 0.260 e. The Morgan fingerprint density at radius 2 is 1.58 bits per heavy atom. The molecule has 6 heteroatoms. The molecule has 26 heavy (non-hydrogen) atoms. The summed E-state index contributed by atoms with van der Waals surface area (Å²) < 4.78 is 5.67. The van der Waals surface area contributed by atoms with E-state index in [0.717, 1.165) is 42.8 Å². The monoisotopic (exact) mass is 359 g/mol. The molecule has 0 bridgehead atoms. The van der Waals surface area contributed by atoms with E-state index in [9.17, 15) is 9.59 Å². The fourth-order valence-corrected chi connectivity index (χ4v) is 3.76. The summed E-state index contributed by atoms with van der Waals surface area (Å²) in [6.45, 7) is 8.34. The zero-order valence-corrected chi connectivity index (χ0v) is 15.8. The minimum atomic E-state index is -0.0156. The molecule has 0 aromatic heterocycles. The van der Waals surface area contributed by atoms with E-state index in [4.69, 9.17) is 4.74 Å². The lowest BCUT2D eigenvalue weighted by molar-refractivity contribution is -0.143. The van der Waals surface area contributed by atoms with Gasteiger partial charge in [0.25, 0.3) is 5.91 Å². The van der Waals surface area contributed by atoms with Crippen LogP contribution < -0.4 is 10.1 Å². The summed E-state index contributed by atoms with van der Waals surface area (Å²) in [5.74, 6) is 1.12. The molecule has 6 nitrogen and oxygen atoms in total. The maximum atomic E-state index is 12.6. The van der Waals surface area contributed by atoms with Crippen molar-refractivity contribution < 1.29 is 14.3 Å². The molecule has 0 atom stereocenters. The number of nitrogens with one attached hydrogen (secondary N) is 1. The number of ether oxygens (including phenoxy) is 1. The number of piperidine rings is 1. The standard InChI is InChI=1S/C20H29N3O3/c1-15-11-16(2)13-18(12-15)26-14-19(24)22-7-9-23(10-8-22)20(25)17-3-5-21-6-4-17/h11-13,17,21H,3-10,14H2,1-2H3. The molecular weight excluding hydrogens is 330 g/mol. The molecule has 2 amide bonds. The van der Waals surface area contributed by atoms with Crippen LogP contribution in [0.4, 0.5) is 0 Å². The van der Waals surface area contributed by atoms with Crippen molar-refractivity contribution in [2.45, 2.75) is 26.7 Å². The van der Waals surface area contributed by atoms with Gasteiger partial charge in [0.1, 0.15) is 5.75 Å². The average molecular weight is 359 g/mol. The Morgan fingerprint density at radius 3 is 2.19 bits per heavy atom. The first-order chi connectivity index (χ1) is 12.5. The van der Waals surface area contributed by atoms with Gasteiger partial charge in [0.05, 0.1) is 0 Å². The lowest BCUT2D eigenvalue weighted by Crippen LogP contribution is -2.53. The van der Waals surface area contributed by atoms with Gasteiger partial charge in [0.2, 0.25) is 5.91 Å². The first-order valence-electron chi connectivity index (χ1n) is 9.51. The second-order valence-electron chi connectivity index (χ2n) is 7.34. The lowest BCUT2D eigenvalue weighted by Gasteiger charge is -2.37. The van der Waals surface area contributed by atoms with E-state index in [2.05, 4.69) is 11.4 Å². The van der Waals surface area contributed by atoms with Gasteiger partial charge in [0.15, 0.2) is 6.61 Å².